The third-order valence-corrected chi connectivity index (χ3v) is 3.52. The molecule has 0 N–H and O–H groups in total. The number of anilines is 1. The molecule has 2 aromatic rings. The van der Waals surface area contributed by atoms with E-state index in [1.807, 2.05) is 31.6 Å². The van der Waals surface area contributed by atoms with Crippen molar-refractivity contribution < 1.29 is 0 Å². The molecular formula is C16H25N5. The number of imidazole rings is 1. The molecule has 2 rings (SSSR count). The van der Waals surface area contributed by atoms with Crippen molar-refractivity contribution in [3.05, 3.63) is 36.3 Å². The Bertz CT molecular complexity index is 582. The van der Waals surface area contributed by atoms with Gasteiger partial charge in [-0.1, -0.05) is 20.8 Å². The van der Waals surface area contributed by atoms with Crippen LogP contribution in [0.25, 0.3) is 0 Å². The Morgan fingerprint density at radius 1 is 1.19 bits per heavy atom. The van der Waals surface area contributed by atoms with E-state index in [9.17, 15) is 0 Å². The van der Waals surface area contributed by atoms with E-state index in [0.717, 1.165) is 37.0 Å². The first kappa shape index (κ1) is 15.5. The Morgan fingerprint density at radius 3 is 2.57 bits per heavy atom. The number of hydrogen-bond acceptors (Lipinski definition) is 4. The van der Waals surface area contributed by atoms with Gasteiger partial charge in [-0.25, -0.2) is 15.0 Å². The van der Waals surface area contributed by atoms with Crippen molar-refractivity contribution >= 4 is 5.82 Å². The second kappa shape index (κ2) is 6.24. The molecular weight excluding hydrogens is 262 g/mol. The van der Waals surface area contributed by atoms with Gasteiger partial charge in [0.1, 0.15) is 17.5 Å². The van der Waals surface area contributed by atoms with Crippen LogP contribution in [0.3, 0.4) is 0 Å². The molecule has 0 unspecified atom stereocenters. The summed E-state index contributed by atoms with van der Waals surface area (Å²) in [5.74, 6) is 2.93. The van der Waals surface area contributed by atoms with Crippen molar-refractivity contribution in [1.82, 2.24) is 19.5 Å². The molecule has 0 bridgehead atoms. The molecule has 2 aromatic heterocycles. The Hall–Kier alpha value is -1.91. The topological polar surface area (TPSA) is 46.8 Å². The van der Waals surface area contributed by atoms with E-state index < -0.39 is 0 Å². The lowest BCUT2D eigenvalue weighted by molar-refractivity contribution is 0.543. The molecule has 0 saturated heterocycles. The Kier molecular flexibility index (Phi) is 4.60. The van der Waals surface area contributed by atoms with Gasteiger partial charge in [0.25, 0.3) is 0 Å². The molecule has 0 aromatic carbocycles. The zero-order chi connectivity index (χ0) is 15.5. The standard InChI is InChI=1S/C16H25N5/c1-13-17-9-12-21(13)11-6-10-20(5)14-7-8-18-15(19-14)16(2,3)4/h7-9,12H,6,10-11H2,1-5H3. The van der Waals surface area contributed by atoms with Crippen LogP contribution in [0.15, 0.2) is 24.7 Å². The van der Waals surface area contributed by atoms with Crippen molar-refractivity contribution in [2.45, 2.75) is 46.1 Å². The van der Waals surface area contributed by atoms with E-state index in [-0.39, 0.29) is 5.41 Å². The molecule has 0 aliphatic heterocycles. The SMILES string of the molecule is Cc1nccn1CCCN(C)c1ccnc(C(C)(C)C)n1. The Balaban J connectivity index is 1.94. The summed E-state index contributed by atoms with van der Waals surface area (Å²) >= 11 is 0. The summed E-state index contributed by atoms with van der Waals surface area (Å²) in [4.78, 5) is 15.5. The van der Waals surface area contributed by atoms with Crippen LogP contribution in [-0.4, -0.2) is 33.1 Å². The summed E-state index contributed by atoms with van der Waals surface area (Å²) in [6.07, 6.45) is 6.78. The number of nitrogens with zero attached hydrogens (tertiary/aromatic N) is 5. The van der Waals surface area contributed by atoms with Gasteiger partial charge in [0.15, 0.2) is 0 Å². The highest BCUT2D eigenvalue weighted by Gasteiger charge is 2.18. The highest BCUT2D eigenvalue weighted by Crippen LogP contribution is 2.20. The summed E-state index contributed by atoms with van der Waals surface area (Å²) in [6, 6.07) is 1.97. The van der Waals surface area contributed by atoms with Gasteiger partial charge in [-0.15, -0.1) is 0 Å². The summed E-state index contributed by atoms with van der Waals surface area (Å²) in [6.45, 7) is 10.4. The van der Waals surface area contributed by atoms with Gasteiger partial charge < -0.3 is 9.47 Å². The van der Waals surface area contributed by atoms with Crippen molar-refractivity contribution in [3.8, 4) is 0 Å². The highest BCUT2D eigenvalue weighted by molar-refractivity contribution is 5.36. The average Bonchev–Trinajstić information content (AvgIpc) is 2.83. The van der Waals surface area contributed by atoms with E-state index in [2.05, 4.69) is 52.2 Å². The minimum atomic E-state index is -0.0230. The minimum absolute atomic E-state index is 0.0230. The quantitative estimate of drug-likeness (QED) is 0.848. The van der Waals surface area contributed by atoms with E-state index in [4.69, 9.17) is 0 Å². The molecule has 21 heavy (non-hydrogen) atoms. The van der Waals surface area contributed by atoms with Gasteiger partial charge in [0.05, 0.1) is 0 Å². The molecule has 5 heteroatoms. The van der Waals surface area contributed by atoms with Crippen molar-refractivity contribution in [2.75, 3.05) is 18.5 Å². The van der Waals surface area contributed by atoms with Crippen LogP contribution < -0.4 is 4.90 Å². The monoisotopic (exact) mass is 287 g/mol. The largest absolute Gasteiger partial charge is 0.360 e. The fourth-order valence-electron chi connectivity index (χ4n) is 2.16. The van der Waals surface area contributed by atoms with E-state index in [0.29, 0.717) is 0 Å². The maximum absolute atomic E-state index is 4.67. The van der Waals surface area contributed by atoms with Gasteiger partial charge in [-0.2, -0.15) is 0 Å². The van der Waals surface area contributed by atoms with Crippen molar-refractivity contribution in [3.63, 3.8) is 0 Å². The van der Waals surface area contributed by atoms with Crippen LogP contribution in [0.2, 0.25) is 0 Å². The van der Waals surface area contributed by atoms with Gasteiger partial charge in [0, 0.05) is 44.1 Å². The molecule has 0 saturated carbocycles. The lowest BCUT2D eigenvalue weighted by Gasteiger charge is -2.22. The van der Waals surface area contributed by atoms with Gasteiger partial charge in [-0.3, -0.25) is 0 Å². The normalized spacial score (nSPS) is 11.7. The first-order valence-corrected chi connectivity index (χ1v) is 7.40. The molecule has 5 nitrogen and oxygen atoms in total. The minimum Gasteiger partial charge on any atom is -0.360 e. The average molecular weight is 287 g/mol. The predicted molar refractivity (Wildman–Crippen MR) is 85.6 cm³/mol. The molecule has 0 atom stereocenters. The fraction of sp³-hybridized carbons (Fsp3) is 0.562. The molecule has 0 radical (unpaired) electrons. The van der Waals surface area contributed by atoms with Gasteiger partial charge >= 0.3 is 0 Å². The molecule has 0 fully saturated rings. The third kappa shape index (κ3) is 4.03. The zero-order valence-corrected chi connectivity index (χ0v) is 13.7. The molecule has 0 amide bonds. The summed E-state index contributed by atoms with van der Waals surface area (Å²) in [7, 11) is 2.08. The Morgan fingerprint density at radius 2 is 1.95 bits per heavy atom. The number of aryl methyl sites for hydroxylation is 2. The summed E-state index contributed by atoms with van der Waals surface area (Å²) in [5.41, 5.74) is -0.0230. The maximum Gasteiger partial charge on any atom is 0.135 e. The van der Waals surface area contributed by atoms with Crippen molar-refractivity contribution in [1.29, 1.82) is 0 Å². The maximum atomic E-state index is 4.67. The van der Waals surface area contributed by atoms with E-state index in [1.165, 1.54) is 0 Å². The molecule has 114 valence electrons. The third-order valence-electron chi connectivity index (χ3n) is 3.52. The second-order valence-electron chi connectivity index (χ2n) is 6.43. The van der Waals surface area contributed by atoms with E-state index >= 15 is 0 Å². The van der Waals surface area contributed by atoms with Crippen LogP contribution >= 0.6 is 0 Å². The first-order chi connectivity index (χ1) is 9.88. The predicted octanol–water partition coefficient (Wildman–Crippen LogP) is 2.81. The fourth-order valence-corrected chi connectivity index (χ4v) is 2.16. The van der Waals surface area contributed by atoms with Gasteiger partial charge in [-0.05, 0) is 19.4 Å². The lowest BCUT2D eigenvalue weighted by atomic mass is 9.96. The van der Waals surface area contributed by atoms with Crippen LogP contribution in [-0.2, 0) is 12.0 Å². The van der Waals surface area contributed by atoms with Crippen LogP contribution in [0, 0.1) is 6.92 Å². The van der Waals surface area contributed by atoms with Crippen molar-refractivity contribution in [2.24, 2.45) is 0 Å². The molecule has 0 spiro atoms. The molecule has 2 heterocycles. The summed E-state index contributed by atoms with van der Waals surface area (Å²) in [5, 5.41) is 0. The lowest BCUT2D eigenvalue weighted by Crippen LogP contribution is -2.23. The van der Waals surface area contributed by atoms with E-state index in [1.54, 1.807) is 0 Å². The second-order valence-corrected chi connectivity index (χ2v) is 6.43. The summed E-state index contributed by atoms with van der Waals surface area (Å²) < 4.78 is 2.18. The smallest absolute Gasteiger partial charge is 0.135 e. The number of aromatic nitrogens is 4. The van der Waals surface area contributed by atoms with Crippen LogP contribution in [0.4, 0.5) is 5.82 Å². The number of rotatable bonds is 5. The Labute approximate surface area is 127 Å². The zero-order valence-electron chi connectivity index (χ0n) is 13.7. The molecule has 0 aliphatic carbocycles. The molecule has 0 aliphatic rings. The highest BCUT2D eigenvalue weighted by atomic mass is 15.2. The van der Waals surface area contributed by atoms with Gasteiger partial charge in [0.2, 0.25) is 0 Å². The first-order valence-electron chi connectivity index (χ1n) is 7.40. The number of hydrogen-bond donors (Lipinski definition) is 0. The van der Waals surface area contributed by atoms with Crippen LogP contribution in [0.5, 0.6) is 0 Å². The van der Waals surface area contributed by atoms with Crippen LogP contribution in [0.1, 0.15) is 38.8 Å².